The number of nitrogens with one attached hydrogen (secondary N) is 1. The van der Waals surface area contributed by atoms with Crippen LogP contribution < -0.4 is 10.1 Å². The van der Waals surface area contributed by atoms with E-state index in [2.05, 4.69) is 5.32 Å². The largest absolute Gasteiger partial charge is 0.496 e. The lowest BCUT2D eigenvalue weighted by molar-refractivity contribution is 0.134. The Hall–Kier alpha value is -2.57. The zero-order valence-corrected chi connectivity index (χ0v) is 14.2. The van der Waals surface area contributed by atoms with Gasteiger partial charge in [0.1, 0.15) is 5.75 Å². The molecule has 0 radical (unpaired) electrons. The third-order valence-corrected chi connectivity index (χ3v) is 4.18. The van der Waals surface area contributed by atoms with E-state index in [1.807, 2.05) is 42.5 Å². The Balaban J connectivity index is 1.72. The summed E-state index contributed by atoms with van der Waals surface area (Å²) in [7, 11) is 1.60. The summed E-state index contributed by atoms with van der Waals surface area (Å²) >= 11 is 0. The maximum Gasteiger partial charge on any atom is 0.322 e. The number of aliphatic hydroxyl groups excluding tert-OH is 1. The minimum absolute atomic E-state index is 0.111. The predicted octanol–water partition coefficient (Wildman–Crippen LogP) is 2.75. The lowest BCUT2D eigenvalue weighted by atomic mass is 10.1. The van der Waals surface area contributed by atoms with Gasteiger partial charge >= 0.3 is 6.03 Å². The number of aliphatic hydroxyl groups is 1. The van der Waals surface area contributed by atoms with Crippen LogP contribution in [0, 0.1) is 0 Å². The highest BCUT2D eigenvalue weighted by Crippen LogP contribution is 2.24. The molecule has 1 aliphatic heterocycles. The predicted molar refractivity (Wildman–Crippen MR) is 94.4 cm³/mol. The van der Waals surface area contributed by atoms with E-state index in [4.69, 9.17) is 9.47 Å². The quantitative estimate of drug-likeness (QED) is 0.847. The number of urea groups is 1. The lowest BCUT2D eigenvalue weighted by Gasteiger charge is -2.23. The Morgan fingerprint density at radius 3 is 2.84 bits per heavy atom. The average molecular weight is 342 g/mol. The van der Waals surface area contributed by atoms with Crippen molar-refractivity contribution in [3.63, 3.8) is 0 Å². The zero-order valence-electron chi connectivity index (χ0n) is 14.2. The first kappa shape index (κ1) is 17.3. The first-order valence-corrected chi connectivity index (χ1v) is 8.19. The van der Waals surface area contributed by atoms with Crippen molar-refractivity contribution in [1.82, 2.24) is 4.90 Å². The maximum atomic E-state index is 12.6. The van der Waals surface area contributed by atoms with Crippen LogP contribution in [0.4, 0.5) is 10.5 Å². The van der Waals surface area contributed by atoms with Crippen LogP contribution in [0.15, 0.2) is 42.5 Å². The fourth-order valence-corrected chi connectivity index (χ4v) is 2.86. The van der Waals surface area contributed by atoms with Gasteiger partial charge in [-0.15, -0.1) is 0 Å². The number of ether oxygens (including phenoxy) is 2. The fraction of sp³-hybridized carbons (Fsp3) is 0.316. The second-order valence-electron chi connectivity index (χ2n) is 5.86. The van der Waals surface area contributed by atoms with Crippen LogP contribution in [0.25, 0.3) is 0 Å². The van der Waals surface area contributed by atoms with Gasteiger partial charge in [-0.25, -0.2) is 4.79 Å². The highest BCUT2D eigenvalue weighted by atomic mass is 16.5. The number of carbonyl (C=O) groups excluding carboxylic acids is 1. The number of para-hydroxylation sites is 1. The monoisotopic (exact) mass is 342 g/mol. The molecule has 0 atom stereocenters. The van der Waals surface area contributed by atoms with Gasteiger partial charge in [-0.05, 0) is 29.3 Å². The normalized spacial score (nSPS) is 12.6. The Bertz CT molecular complexity index is 748. The molecule has 0 bridgehead atoms. The van der Waals surface area contributed by atoms with E-state index in [-0.39, 0.29) is 19.2 Å². The molecule has 0 saturated heterocycles. The van der Waals surface area contributed by atoms with Crippen LogP contribution in [-0.4, -0.2) is 36.3 Å². The second-order valence-corrected chi connectivity index (χ2v) is 5.86. The first-order valence-electron chi connectivity index (χ1n) is 8.19. The second kappa shape index (κ2) is 8.00. The molecule has 1 heterocycles. The third kappa shape index (κ3) is 4.10. The van der Waals surface area contributed by atoms with E-state index in [0.29, 0.717) is 25.5 Å². The highest BCUT2D eigenvalue weighted by molar-refractivity contribution is 5.89. The van der Waals surface area contributed by atoms with Crippen LogP contribution in [0.2, 0.25) is 0 Å². The molecule has 1 aliphatic rings. The maximum absolute atomic E-state index is 12.6. The first-order chi connectivity index (χ1) is 12.2. The molecular formula is C19H22N2O4. The number of nitrogens with zero attached hydrogens (tertiary/aromatic N) is 1. The zero-order chi connectivity index (χ0) is 17.6. The Morgan fingerprint density at radius 1 is 1.24 bits per heavy atom. The summed E-state index contributed by atoms with van der Waals surface area (Å²) in [5.41, 5.74) is 3.85. The van der Waals surface area contributed by atoms with Gasteiger partial charge in [-0.2, -0.15) is 0 Å². The van der Waals surface area contributed by atoms with Gasteiger partial charge in [-0.3, -0.25) is 0 Å². The van der Waals surface area contributed by atoms with Crippen molar-refractivity contribution >= 4 is 11.7 Å². The Kier molecular flexibility index (Phi) is 5.53. The molecule has 3 rings (SSSR count). The number of hydrogen-bond donors (Lipinski definition) is 2. The molecule has 0 spiro atoms. The molecule has 0 aliphatic carbocycles. The van der Waals surface area contributed by atoms with Gasteiger partial charge in [0.15, 0.2) is 0 Å². The number of hydrogen-bond acceptors (Lipinski definition) is 4. The van der Waals surface area contributed by atoms with E-state index >= 15 is 0 Å². The molecule has 132 valence electrons. The van der Waals surface area contributed by atoms with Crippen molar-refractivity contribution in [2.45, 2.75) is 19.8 Å². The Labute approximate surface area is 147 Å². The number of fused-ring (bicyclic) bond motifs is 1. The molecule has 2 N–H and O–H groups in total. The van der Waals surface area contributed by atoms with Gasteiger partial charge in [-0.1, -0.05) is 24.3 Å². The summed E-state index contributed by atoms with van der Waals surface area (Å²) < 4.78 is 10.7. The molecular weight excluding hydrogens is 320 g/mol. The van der Waals surface area contributed by atoms with Gasteiger partial charge in [0.2, 0.25) is 0 Å². The summed E-state index contributed by atoms with van der Waals surface area (Å²) in [6, 6.07) is 13.0. The van der Waals surface area contributed by atoms with E-state index in [1.165, 1.54) is 0 Å². The summed E-state index contributed by atoms with van der Waals surface area (Å²) in [4.78, 5) is 14.2. The minimum Gasteiger partial charge on any atom is -0.496 e. The Morgan fingerprint density at radius 2 is 2.04 bits per heavy atom. The van der Waals surface area contributed by atoms with Crippen molar-refractivity contribution in [2.24, 2.45) is 0 Å². The number of methoxy groups -OCH3 is 1. The number of benzene rings is 2. The number of rotatable bonds is 6. The van der Waals surface area contributed by atoms with Gasteiger partial charge in [0.25, 0.3) is 0 Å². The van der Waals surface area contributed by atoms with E-state index in [9.17, 15) is 9.90 Å². The molecule has 6 heteroatoms. The molecule has 25 heavy (non-hydrogen) atoms. The molecule has 0 aromatic heterocycles. The number of carbonyl (C=O) groups is 1. The number of amides is 2. The topological polar surface area (TPSA) is 71.0 Å². The fourth-order valence-electron chi connectivity index (χ4n) is 2.86. The smallest absolute Gasteiger partial charge is 0.322 e. The third-order valence-electron chi connectivity index (χ3n) is 4.18. The highest BCUT2D eigenvalue weighted by Gasteiger charge is 2.17. The summed E-state index contributed by atoms with van der Waals surface area (Å²) in [5.74, 6) is 0.716. The molecule has 2 aromatic carbocycles. The lowest BCUT2D eigenvalue weighted by Crippen LogP contribution is -2.36. The van der Waals surface area contributed by atoms with Crippen molar-refractivity contribution in [2.75, 3.05) is 25.6 Å². The SMILES string of the molecule is COc1ccccc1CN(CCO)C(=O)Nc1ccc2c(c1)COC2. The van der Waals surface area contributed by atoms with Crippen molar-refractivity contribution in [3.8, 4) is 5.75 Å². The molecule has 6 nitrogen and oxygen atoms in total. The van der Waals surface area contributed by atoms with E-state index < -0.39 is 0 Å². The molecule has 0 unspecified atom stereocenters. The molecule has 2 aromatic rings. The van der Waals surface area contributed by atoms with Gasteiger partial charge in [0.05, 0.1) is 33.5 Å². The van der Waals surface area contributed by atoms with Crippen LogP contribution in [0.3, 0.4) is 0 Å². The number of anilines is 1. The summed E-state index contributed by atoms with van der Waals surface area (Å²) in [6.45, 7) is 1.66. The molecule has 0 fully saturated rings. The van der Waals surface area contributed by atoms with Crippen LogP contribution >= 0.6 is 0 Å². The van der Waals surface area contributed by atoms with Crippen LogP contribution in [-0.2, 0) is 24.5 Å². The van der Waals surface area contributed by atoms with Crippen LogP contribution in [0.1, 0.15) is 16.7 Å². The van der Waals surface area contributed by atoms with Crippen molar-refractivity contribution < 1.29 is 19.4 Å². The van der Waals surface area contributed by atoms with Crippen molar-refractivity contribution in [3.05, 3.63) is 59.2 Å². The van der Waals surface area contributed by atoms with Gasteiger partial charge in [0, 0.05) is 17.8 Å². The minimum atomic E-state index is -0.265. The molecule has 2 amide bonds. The summed E-state index contributed by atoms with van der Waals surface area (Å²) in [6.07, 6.45) is 0. The van der Waals surface area contributed by atoms with Crippen LogP contribution in [0.5, 0.6) is 5.75 Å². The van der Waals surface area contributed by atoms with Gasteiger partial charge < -0.3 is 24.8 Å². The average Bonchev–Trinajstić information content (AvgIpc) is 3.09. The van der Waals surface area contributed by atoms with Crippen molar-refractivity contribution in [1.29, 1.82) is 0 Å². The van der Waals surface area contributed by atoms with E-state index in [0.717, 1.165) is 22.4 Å². The summed E-state index contributed by atoms with van der Waals surface area (Å²) in [5, 5.41) is 12.2. The molecule has 0 saturated carbocycles. The standard InChI is InChI=1S/C19H22N2O4/c1-24-18-5-3-2-4-14(18)11-21(8-9-22)19(23)20-17-7-6-15-12-25-13-16(15)10-17/h2-7,10,22H,8-9,11-13H2,1H3,(H,20,23). The van der Waals surface area contributed by atoms with E-state index in [1.54, 1.807) is 12.0 Å².